The van der Waals surface area contributed by atoms with E-state index in [0.29, 0.717) is 13.1 Å². The summed E-state index contributed by atoms with van der Waals surface area (Å²) in [5.74, 6) is 0.244. The molecular weight excluding hydrogens is 360 g/mol. The maximum Gasteiger partial charge on any atom is 0.315 e. The number of para-hydroxylation sites is 1. The van der Waals surface area contributed by atoms with Gasteiger partial charge in [0.2, 0.25) is 5.91 Å². The minimum atomic E-state index is -0.248. The van der Waals surface area contributed by atoms with Gasteiger partial charge in [-0.15, -0.1) is 11.3 Å². The highest BCUT2D eigenvalue weighted by Gasteiger charge is 2.29. The van der Waals surface area contributed by atoms with Crippen molar-refractivity contribution in [3.63, 3.8) is 0 Å². The molecule has 1 aliphatic carbocycles. The predicted octanol–water partition coefficient (Wildman–Crippen LogP) is 3.64. The third-order valence-corrected chi connectivity index (χ3v) is 5.37. The molecule has 4 rings (SSSR count). The second-order valence-electron chi connectivity index (χ2n) is 6.58. The van der Waals surface area contributed by atoms with Gasteiger partial charge >= 0.3 is 6.03 Å². The van der Waals surface area contributed by atoms with E-state index in [2.05, 4.69) is 20.9 Å². The number of amides is 3. The number of carbonyl (C=O) groups is 2. The Morgan fingerprint density at radius 3 is 2.67 bits per heavy atom. The average Bonchev–Trinajstić information content (AvgIpc) is 3.44. The van der Waals surface area contributed by atoms with E-state index in [1.807, 2.05) is 48.5 Å². The lowest BCUT2D eigenvalue weighted by Gasteiger charge is -2.09. The van der Waals surface area contributed by atoms with E-state index >= 15 is 0 Å². The Morgan fingerprint density at radius 1 is 1.04 bits per heavy atom. The molecule has 0 bridgehead atoms. The number of aromatic nitrogens is 1. The van der Waals surface area contributed by atoms with Crippen molar-refractivity contribution < 1.29 is 9.59 Å². The second-order valence-corrected chi connectivity index (χ2v) is 7.69. The molecule has 6 nitrogen and oxygen atoms in total. The van der Waals surface area contributed by atoms with E-state index in [-0.39, 0.29) is 17.9 Å². The fraction of sp³-hybridized carbons (Fsp3) is 0.250. The Kier molecular flexibility index (Phi) is 5.02. The van der Waals surface area contributed by atoms with Crippen molar-refractivity contribution in [1.82, 2.24) is 15.6 Å². The highest BCUT2D eigenvalue weighted by atomic mass is 32.1. The Balaban J connectivity index is 1.26. The molecule has 0 aliphatic heterocycles. The number of thiazole rings is 1. The van der Waals surface area contributed by atoms with Crippen molar-refractivity contribution in [1.29, 1.82) is 0 Å². The quantitative estimate of drug-likeness (QED) is 0.610. The number of nitrogens with one attached hydrogen (secondary N) is 3. The maximum absolute atomic E-state index is 12.1. The summed E-state index contributed by atoms with van der Waals surface area (Å²) < 4.78 is 1.11. The fourth-order valence-corrected chi connectivity index (χ4v) is 3.65. The van der Waals surface area contributed by atoms with Gasteiger partial charge in [-0.05, 0) is 42.7 Å². The summed E-state index contributed by atoms with van der Waals surface area (Å²) >= 11 is 1.57. The molecule has 7 heteroatoms. The molecule has 3 amide bonds. The number of benzene rings is 2. The molecule has 0 unspecified atom stereocenters. The van der Waals surface area contributed by atoms with Crippen molar-refractivity contribution in [2.45, 2.75) is 25.9 Å². The number of urea groups is 1. The van der Waals surface area contributed by atoms with Gasteiger partial charge in [-0.25, -0.2) is 9.78 Å². The van der Waals surface area contributed by atoms with Crippen LogP contribution in [-0.4, -0.2) is 16.9 Å². The Morgan fingerprint density at radius 2 is 1.85 bits per heavy atom. The molecule has 1 saturated carbocycles. The Labute approximate surface area is 161 Å². The maximum atomic E-state index is 12.1. The molecular formula is C20H20N4O2S. The minimum Gasteiger partial charge on any atom is -0.334 e. The zero-order valence-corrected chi connectivity index (χ0v) is 15.5. The predicted molar refractivity (Wildman–Crippen MR) is 106 cm³/mol. The molecule has 0 atom stereocenters. The lowest BCUT2D eigenvalue weighted by Crippen LogP contribution is -2.34. The Hall–Kier alpha value is -2.93. The van der Waals surface area contributed by atoms with E-state index in [1.54, 1.807) is 11.3 Å². The van der Waals surface area contributed by atoms with E-state index < -0.39 is 0 Å². The number of hydrogen-bond donors (Lipinski definition) is 3. The number of carbonyl (C=O) groups excluding carboxylic acids is 2. The highest BCUT2D eigenvalue weighted by molar-refractivity contribution is 7.18. The summed E-state index contributed by atoms with van der Waals surface area (Å²) in [6.45, 7) is 0.779. The first-order valence-corrected chi connectivity index (χ1v) is 9.75. The van der Waals surface area contributed by atoms with Gasteiger partial charge in [-0.2, -0.15) is 0 Å². The summed E-state index contributed by atoms with van der Waals surface area (Å²) in [5, 5.41) is 9.45. The van der Waals surface area contributed by atoms with Crippen molar-refractivity contribution in [2.75, 3.05) is 5.32 Å². The van der Waals surface area contributed by atoms with E-state index in [4.69, 9.17) is 0 Å². The first kappa shape index (κ1) is 17.5. The van der Waals surface area contributed by atoms with Gasteiger partial charge in [-0.3, -0.25) is 4.79 Å². The van der Waals surface area contributed by atoms with Crippen LogP contribution in [0.4, 0.5) is 10.5 Å². The second kappa shape index (κ2) is 7.75. The van der Waals surface area contributed by atoms with Gasteiger partial charge < -0.3 is 16.0 Å². The van der Waals surface area contributed by atoms with Gasteiger partial charge in [0.25, 0.3) is 0 Å². The van der Waals surface area contributed by atoms with Crippen molar-refractivity contribution >= 4 is 39.2 Å². The fourth-order valence-electron chi connectivity index (χ4n) is 2.75. The molecule has 1 aromatic heterocycles. The van der Waals surface area contributed by atoms with Crippen LogP contribution in [-0.2, 0) is 17.9 Å². The van der Waals surface area contributed by atoms with Crippen LogP contribution in [0, 0.1) is 5.92 Å². The topological polar surface area (TPSA) is 83.1 Å². The van der Waals surface area contributed by atoms with Gasteiger partial charge in [-0.1, -0.05) is 24.3 Å². The van der Waals surface area contributed by atoms with E-state index in [1.165, 1.54) is 0 Å². The average molecular weight is 380 g/mol. The standard InChI is InChI=1S/C20H20N4O2S/c25-19(14-8-9-14)23-15-5-3-4-13(10-15)11-21-20(26)22-12-18-24-16-6-1-2-7-17(16)27-18/h1-7,10,14H,8-9,11-12H2,(H,23,25)(H2,21,22,26). The van der Waals surface area contributed by atoms with Crippen LogP contribution >= 0.6 is 11.3 Å². The summed E-state index contributed by atoms with van der Waals surface area (Å²) in [6.07, 6.45) is 1.95. The van der Waals surface area contributed by atoms with Crippen LogP contribution in [0.2, 0.25) is 0 Å². The van der Waals surface area contributed by atoms with Crippen LogP contribution in [0.25, 0.3) is 10.2 Å². The van der Waals surface area contributed by atoms with Crippen molar-refractivity contribution in [3.8, 4) is 0 Å². The van der Waals surface area contributed by atoms with Crippen LogP contribution in [0.3, 0.4) is 0 Å². The summed E-state index contributed by atoms with van der Waals surface area (Å²) in [7, 11) is 0. The molecule has 1 aliphatic rings. The van der Waals surface area contributed by atoms with Crippen LogP contribution in [0.15, 0.2) is 48.5 Å². The molecule has 138 valence electrons. The Bertz CT molecular complexity index is 948. The number of anilines is 1. The molecule has 1 fully saturated rings. The first-order chi connectivity index (χ1) is 13.2. The molecule has 1 heterocycles. The van der Waals surface area contributed by atoms with Gasteiger partial charge in [0.1, 0.15) is 5.01 Å². The third-order valence-electron chi connectivity index (χ3n) is 4.33. The number of rotatable bonds is 6. The van der Waals surface area contributed by atoms with E-state index in [0.717, 1.165) is 39.3 Å². The zero-order valence-electron chi connectivity index (χ0n) is 14.7. The number of nitrogens with zero attached hydrogens (tertiary/aromatic N) is 1. The number of hydrogen-bond acceptors (Lipinski definition) is 4. The molecule has 2 aromatic carbocycles. The first-order valence-electron chi connectivity index (χ1n) is 8.93. The van der Waals surface area contributed by atoms with Crippen LogP contribution < -0.4 is 16.0 Å². The van der Waals surface area contributed by atoms with Crippen LogP contribution in [0.1, 0.15) is 23.4 Å². The van der Waals surface area contributed by atoms with E-state index in [9.17, 15) is 9.59 Å². The van der Waals surface area contributed by atoms with Gasteiger partial charge in [0.05, 0.1) is 16.8 Å². The van der Waals surface area contributed by atoms with Gasteiger partial charge in [0, 0.05) is 18.2 Å². The third kappa shape index (κ3) is 4.62. The lowest BCUT2D eigenvalue weighted by atomic mass is 10.2. The molecule has 0 radical (unpaired) electrons. The molecule has 3 N–H and O–H groups in total. The molecule has 27 heavy (non-hydrogen) atoms. The normalized spacial score (nSPS) is 13.3. The monoisotopic (exact) mass is 380 g/mol. The minimum absolute atomic E-state index is 0.0775. The highest BCUT2D eigenvalue weighted by Crippen LogP contribution is 2.30. The van der Waals surface area contributed by atoms with Crippen molar-refractivity contribution in [2.24, 2.45) is 5.92 Å². The van der Waals surface area contributed by atoms with Gasteiger partial charge in [0.15, 0.2) is 0 Å². The summed E-state index contributed by atoms with van der Waals surface area (Å²) in [6, 6.07) is 15.2. The molecule has 3 aromatic rings. The molecule has 0 spiro atoms. The smallest absolute Gasteiger partial charge is 0.315 e. The van der Waals surface area contributed by atoms with Crippen LogP contribution in [0.5, 0.6) is 0 Å². The lowest BCUT2D eigenvalue weighted by molar-refractivity contribution is -0.117. The SMILES string of the molecule is O=C(NCc1cccc(NC(=O)C2CC2)c1)NCc1nc2ccccc2s1. The largest absolute Gasteiger partial charge is 0.334 e. The van der Waals surface area contributed by atoms with Crippen molar-refractivity contribution in [3.05, 3.63) is 59.1 Å². The summed E-state index contributed by atoms with van der Waals surface area (Å²) in [5.41, 5.74) is 2.64. The zero-order chi connectivity index (χ0) is 18.6. The molecule has 0 saturated heterocycles. The summed E-state index contributed by atoms with van der Waals surface area (Å²) in [4.78, 5) is 28.4. The number of fused-ring (bicyclic) bond motifs is 1.